The van der Waals surface area contributed by atoms with Gasteiger partial charge in [0.2, 0.25) is 0 Å². The second-order valence-electron chi connectivity index (χ2n) is 10.1. The van der Waals surface area contributed by atoms with Crippen LogP contribution in [0, 0.1) is 0 Å². The van der Waals surface area contributed by atoms with E-state index in [1.165, 1.54) is 31.2 Å². The minimum Gasteiger partial charge on any atom is -0.508 e. The predicted octanol–water partition coefficient (Wildman–Crippen LogP) is -1.06. The second-order valence-corrected chi connectivity index (χ2v) is 10.1. The molecule has 14 nitrogen and oxygen atoms in total. The molecule has 0 saturated carbocycles. The van der Waals surface area contributed by atoms with Crippen LogP contribution < -0.4 is 5.43 Å². The normalized spacial score (nSPS) is 34.1. The zero-order valence-electron chi connectivity index (χ0n) is 21.5. The third-order valence-corrected chi connectivity index (χ3v) is 7.41. The van der Waals surface area contributed by atoms with Crippen LogP contribution in [0.25, 0.3) is 22.3 Å². The number of hydrogen-bond acceptors (Lipinski definition) is 14. The van der Waals surface area contributed by atoms with Crippen LogP contribution in [0.1, 0.15) is 18.6 Å². The van der Waals surface area contributed by atoms with Crippen molar-refractivity contribution in [3.05, 3.63) is 52.2 Å². The van der Waals surface area contributed by atoms with Gasteiger partial charge in [0.05, 0.1) is 18.3 Å². The van der Waals surface area contributed by atoms with Crippen molar-refractivity contribution >= 4 is 11.0 Å². The van der Waals surface area contributed by atoms with Gasteiger partial charge < -0.3 is 64.6 Å². The number of aliphatic hydroxyl groups excluding tert-OH is 6. The van der Waals surface area contributed by atoms with E-state index in [0.717, 1.165) is 12.1 Å². The summed E-state index contributed by atoms with van der Waals surface area (Å²) in [5, 5.41) is 93.1. The molecule has 2 aromatic carbocycles. The molecule has 0 amide bonds. The number of fused-ring (bicyclic) bond motifs is 1. The fourth-order valence-corrected chi connectivity index (χ4v) is 5.11. The van der Waals surface area contributed by atoms with Gasteiger partial charge in [-0.15, -0.1) is 0 Å². The summed E-state index contributed by atoms with van der Waals surface area (Å²) in [6.45, 7) is 0.601. The van der Waals surface area contributed by atoms with Crippen molar-refractivity contribution in [2.75, 3.05) is 6.61 Å². The van der Waals surface area contributed by atoms with Gasteiger partial charge in [0, 0.05) is 17.7 Å². The first-order valence-corrected chi connectivity index (χ1v) is 12.7. The number of benzene rings is 2. The molecule has 3 aromatic rings. The lowest BCUT2D eigenvalue weighted by Gasteiger charge is -2.46. The lowest BCUT2D eigenvalue weighted by atomic mass is 9.89. The molecule has 1 unspecified atom stereocenters. The van der Waals surface area contributed by atoms with Crippen molar-refractivity contribution < 1.29 is 64.6 Å². The molecule has 9 N–H and O–H groups in total. The van der Waals surface area contributed by atoms with Gasteiger partial charge in [-0.1, -0.05) is 0 Å². The molecule has 1 aromatic heterocycles. The van der Waals surface area contributed by atoms with Gasteiger partial charge in [0.25, 0.3) is 0 Å². The Hall–Kier alpha value is -3.31. The van der Waals surface area contributed by atoms with Crippen molar-refractivity contribution in [3.63, 3.8) is 0 Å². The third kappa shape index (κ3) is 5.14. The summed E-state index contributed by atoms with van der Waals surface area (Å²) in [6, 6.07) is 7.85. The molecule has 41 heavy (non-hydrogen) atoms. The fraction of sp³-hybridized carbons (Fsp3) is 0.444. The Balaban J connectivity index is 1.59. The van der Waals surface area contributed by atoms with Crippen molar-refractivity contribution in [2.24, 2.45) is 0 Å². The lowest BCUT2D eigenvalue weighted by molar-refractivity contribution is -0.338. The summed E-state index contributed by atoms with van der Waals surface area (Å²) in [5.41, 5.74) is -0.985. The Labute approximate surface area is 231 Å². The molecule has 222 valence electrons. The minimum atomic E-state index is -1.86. The molecule has 2 fully saturated rings. The summed E-state index contributed by atoms with van der Waals surface area (Å²) in [5.74, 6) is -1.42. The smallest absolute Gasteiger partial charge is 0.197 e. The third-order valence-electron chi connectivity index (χ3n) is 7.41. The van der Waals surface area contributed by atoms with Crippen LogP contribution in [0.15, 0.2) is 45.6 Å². The van der Waals surface area contributed by atoms with Crippen LogP contribution in [0.2, 0.25) is 0 Å². The second kappa shape index (κ2) is 11.2. The molecule has 0 radical (unpaired) electrons. The van der Waals surface area contributed by atoms with Crippen molar-refractivity contribution in [1.29, 1.82) is 0 Å². The number of phenols is 3. The van der Waals surface area contributed by atoms with Gasteiger partial charge >= 0.3 is 0 Å². The fourth-order valence-electron chi connectivity index (χ4n) is 5.11. The van der Waals surface area contributed by atoms with E-state index in [2.05, 4.69) is 0 Å². The first-order chi connectivity index (χ1) is 19.4. The van der Waals surface area contributed by atoms with Crippen molar-refractivity contribution in [1.82, 2.24) is 0 Å². The molecule has 0 bridgehead atoms. The Kier molecular flexibility index (Phi) is 7.95. The molecule has 0 aliphatic carbocycles. The average Bonchev–Trinajstić information content (AvgIpc) is 2.93. The van der Waals surface area contributed by atoms with Gasteiger partial charge in [-0.2, -0.15) is 0 Å². The van der Waals surface area contributed by atoms with E-state index in [4.69, 9.17) is 18.6 Å². The van der Waals surface area contributed by atoms with E-state index in [-0.39, 0.29) is 22.5 Å². The van der Waals surface area contributed by atoms with Gasteiger partial charge in [-0.3, -0.25) is 4.79 Å². The van der Waals surface area contributed by atoms with Gasteiger partial charge in [0.1, 0.15) is 82.8 Å². The van der Waals surface area contributed by atoms with Crippen LogP contribution >= 0.6 is 0 Å². The molecule has 10 atom stereocenters. The molecule has 2 saturated heterocycles. The van der Waals surface area contributed by atoms with Crippen LogP contribution in [0.4, 0.5) is 0 Å². The largest absolute Gasteiger partial charge is 0.508 e. The SMILES string of the molecule is C[C@@H]1OC(O[C@@H]2[C@@H](O)[C@H](O)[C@@H](CO)O[C@H]2c2c(O)cc3oc(-c4ccc(O)cc4)cc(=O)c3c2O)[C@H](O)[C@H](O)[C@H]1O. The molecule has 2 aliphatic heterocycles. The van der Waals surface area contributed by atoms with Crippen molar-refractivity contribution in [3.8, 4) is 28.6 Å². The molecule has 14 heteroatoms. The number of ether oxygens (including phenoxy) is 3. The monoisotopic (exact) mass is 578 g/mol. The Bertz CT molecular complexity index is 1460. The highest BCUT2D eigenvalue weighted by Gasteiger charge is 2.51. The molecular formula is C27H30O14. The van der Waals surface area contributed by atoms with Crippen LogP contribution in [0.3, 0.4) is 0 Å². The highest BCUT2D eigenvalue weighted by molar-refractivity contribution is 5.88. The topological polar surface area (TPSA) is 240 Å². The Morgan fingerprint density at radius 2 is 1.54 bits per heavy atom. The maximum absolute atomic E-state index is 13.1. The molecular weight excluding hydrogens is 548 g/mol. The zero-order chi connectivity index (χ0) is 29.7. The summed E-state index contributed by atoms with van der Waals surface area (Å²) in [4.78, 5) is 13.1. The number of rotatable bonds is 5. The quantitative estimate of drug-likeness (QED) is 0.175. The first-order valence-electron chi connectivity index (χ1n) is 12.7. The first kappa shape index (κ1) is 29.2. The summed E-state index contributed by atoms with van der Waals surface area (Å²) in [7, 11) is 0. The van der Waals surface area contributed by atoms with E-state index in [9.17, 15) is 50.8 Å². The molecule has 3 heterocycles. The van der Waals surface area contributed by atoms with Crippen LogP contribution in [-0.4, -0.2) is 108 Å². The number of hydrogen-bond donors (Lipinski definition) is 9. The van der Waals surface area contributed by atoms with E-state index in [1.54, 1.807) is 0 Å². The Morgan fingerprint density at radius 3 is 2.20 bits per heavy atom. The van der Waals surface area contributed by atoms with E-state index < -0.39 is 90.3 Å². The maximum atomic E-state index is 13.1. The Morgan fingerprint density at radius 1 is 0.854 bits per heavy atom. The van der Waals surface area contributed by atoms with E-state index in [1.807, 2.05) is 0 Å². The predicted molar refractivity (Wildman–Crippen MR) is 137 cm³/mol. The van der Waals surface area contributed by atoms with Crippen LogP contribution in [-0.2, 0) is 14.2 Å². The highest BCUT2D eigenvalue weighted by Crippen LogP contribution is 2.46. The number of aromatic hydroxyl groups is 3. The van der Waals surface area contributed by atoms with Gasteiger partial charge in [-0.05, 0) is 31.2 Å². The van der Waals surface area contributed by atoms with Gasteiger partial charge in [0.15, 0.2) is 11.7 Å². The van der Waals surface area contributed by atoms with E-state index in [0.29, 0.717) is 5.56 Å². The maximum Gasteiger partial charge on any atom is 0.197 e. The van der Waals surface area contributed by atoms with Crippen molar-refractivity contribution in [2.45, 2.75) is 68.1 Å². The molecule has 2 aliphatic rings. The summed E-state index contributed by atoms with van der Waals surface area (Å²) in [6.07, 6.45) is -16.1. The molecule has 0 spiro atoms. The van der Waals surface area contributed by atoms with Gasteiger partial charge in [-0.25, -0.2) is 0 Å². The zero-order valence-corrected chi connectivity index (χ0v) is 21.5. The minimum absolute atomic E-state index is 0.0131. The number of aliphatic hydroxyl groups is 6. The average molecular weight is 579 g/mol. The van der Waals surface area contributed by atoms with Crippen LogP contribution in [0.5, 0.6) is 17.2 Å². The molecule has 5 rings (SSSR count). The number of phenolic OH excluding ortho intramolecular Hbond substituents is 3. The summed E-state index contributed by atoms with van der Waals surface area (Å²) >= 11 is 0. The highest BCUT2D eigenvalue weighted by atomic mass is 16.7. The summed E-state index contributed by atoms with van der Waals surface area (Å²) < 4.78 is 22.6. The lowest BCUT2D eigenvalue weighted by Crippen LogP contribution is -2.61. The van der Waals surface area contributed by atoms with E-state index >= 15 is 0 Å². The standard InChI is InChI=1S/C27H30O14/c1-9-19(32)22(35)24(37)27(38-9)41-26-23(36)20(33)16(8-28)40-25(26)18-13(31)7-15-17(21(18)34)12(30)6-14(39-15)10-2-4-11(29)5-3-10/h2-7,9,16,19-20,22-29,31-37H,8H2,1H3/t9-,16+,19-,20+,22+,23-,24+,25-,26+,27?/m0/s1.